The van der Waals surface area contributed by atoms with Crippen molar-refractivity contribution < 1.29 is 24.0 Å². The van der Waals surface area contributed by atoms with Gasteiger partial charge in [0.15, 0.2) is 5.82 Å². The Balaban J connectivity index is 2.41. The SMILES string of the molecule is Cc1nc(CNC(=O)N[C@@H](CCC(N)=O)C(=O)O)no1. The number of aryl methyl sites for hydroxylation is 1. The van der Waals surface area contributed by atoms with Gasteiger partial charge in [-0.1, -0.05) is 5.16 Å². The minimum atomic E-state index is -1.25. The van der Waals surface area contributed by atoms with E-state index in [1.807, 2.05) is 0 Å². The fourth-order valence-corrected chi connectivity index (χ4v) is 1.33. The number of primary amides is 1. The van der Waals surface area contributed by atoms with Crippen LogP contribution in [0.1, 0.15) is 24.6 Å². The smallest absolute Gasteiger partial charge is 0.326 e. The van der Waals surface area contributed by atoms with E-state index < -0.39 is 23.9 Å². The van der Waals surface area contributed by atoms with Crippen LogP contribution in [0.2, 0.25) is 0 Å². The van der Waals surface area contributed by atoms with Gasteiger partial charge >= 0.3 is 12.0 Å². The molecular formula is C10H15N5O5. The van der Waals surface area contributed by atoms with Gasteiger partial charge in [0, 0.05) is 13.3 Å². The lowest BCUT2D eigenvalue weighted by molar-refractivity contribution is -0.139. The van der Waals surface area contributed by atoms with Gasteiger partial charge in [-0.2, -0.15) is 4.98 Å². The van der Waals surface area contributed by atoms with Crippen molar-refractivity contribution in [3.63, 3.8) is 0 Å². The number of carbonyl (C=O) groups excluding carboxylic acids is 2. The largest absolute Gasteiger partial charge is 0.480 e. The molecule has 0 saturated heterocycles. The topological polar surface area (TPSA) is 160 Å². The van der Waals surface area contributed by atoms with E-state index in [-0.39, 0.29) is 25.2 Å². The number of nitrogens with one attached hydrogen (secondary N) is 2. The maximum atomic E-state index is 11.5. The predicted molar refractivity (Wildman–Crippen MR) is 64.3 cm³/mol. The maximum Gasteiger partial charge on any atom is 0.326 e. The molecule has 1 aromatic rings. The van der Waals surface area contributed by atoms with Gasteiger partial charge in [0.2, 0.25) is 11.8 Å². The molecule has 0 radical (unpaired) electrons. The zero-order chi connectivity index (χ0) is 15.1. The highest BCUT2D eigenvalue weighted by molar-refractivity contribution is 5.83. The molecule has 3 amide bonds. The molecular weight excluding hydrogens is 270 g/mol. The van der Waals surface area contributed by atoms with Crippen molar-refractivity contribution in [1.29, 1.82) is 0 Å². The van der Waals surface area contributed by atoms with Crippen LogP contribution in [-0.4, -0.2) is 39.2 Å². The first-order chi connectivity index (χ1) is 9.38. The van der Waals surface area contributed by atoms with Gasteiger partial charge in [-0.3, -0.25) is 4.79 Å². The van der Waals surface area contributed by atoms with E-state index in [1.54, 1.807) is 6.92 Å². The molecule has 0 aliphatic heterocycles. The predicted octanol–water partition coefficient (Wildman–Crippen LogP) is -1.10. The molecule has 0 spiro atoms. The summed E-state index contributed by atoms with van der Waals surface area (Å²) in [7, 11) is 0. The molecule has 0 bridgehead atoms. The summed E-state index contributed by atoms with van der Waals surface area (Å²) >= 11 is 0. The number of hydrogen-bond acceptors (Lipinski definition) is 6. The number of aliphatic carboxylic acids is 1. The van der Waals surface area contributed by atoms with Crippen molar-refractivity contribution in [3.8, 4) is 0 Å². The van der Waals surface area contributed by atoms with Gasteiger partial charge in [0.05, 0.1) is 6.54 Å². The summed E-state index contributed by atoms with van der Waals surface area (Å²) in [6.45, 7) is 1.59. The number of rotatable bonds is 7. The monoisotopic (exact) mass is 285 g/mol. The second-order valence-corrected chi connectivity index (χ2v) is 3.95. The lowest BCUT2D eigenvalue weighted by Crippen LogP contribution is -2.46. The lowest BCUT2D eigenvalue weighted by atomic mass is 10.1. The number of carboxylic acids is 1. The normalized spacial score (nSPS) is 11.7. The molecule has 10 nitrogen and oxygen atoms in total. The molecule has 1 atom stereocenters. The van der Waals surface area contributed by atoms with Crippen LogP contribution < -0.4 is 16.4 Å². The van der Waals surface area contributed by atoms with Crippen LogP contribution in [-0.2, 0) is 16.1 Å². The van der Waals surface area contributed by atoms with Crippen LogP contribution in [0.4, 0.5) is 4.79 Å². The van der Waals surface area contributed by atoms with Crippen LogP contribution >= 0.6 is 0 Å². The van der Waals surface area contributed by atoms with E-state index >= 15 is 0 Å². The minimum Gasteiger partial charge on any atom is -0.480 e. The van der Waals surface area contributed by atoms with Crippen molar-refractivity contribution in [2.24, 2.45) is 5.73 Å². The number of carbonyl (C=O) groups is 3. The third-order valence-electron chi connectivity index (χ3n) is 2.26. The number of aromatic nitrogens is 2. The Morgan fingerprint density at radius 3 is 2.65 bits per heavy atom. The summed E-state index contributed by atoms with van der Waals surface area (Å²) < 4.78 is 4.70. The van der Waals surface area contributed by atoms with Gasteiger partial charge in [-0.15, -0.1) is 0 Å². The summed E-state index contributed by atoms with van der Waals surface area (Å²) in [6.07, 6.45) is -0.222. The number of urea groups is 1. The molecule has 0 aliphatic carbocycles. The molecule has 10 heteroatoms. The molecule has 1 aromatic heterocycles. The Bertz CT molecular complexity index is 500. The quantitative estimate of drug-likeness (QED) is 0.494. The van der Waals surface area contributed by atoms with Crippen molar-refractivity contribution >= 4 is 17.9 Å². The molecule has 5 N–H and O–H groups in total. The summed E-state index contributed by atoms with van der Waals surface area (Å²) in [4.78, 5) is 36.8. The van der Waals surface area contributed by atoms with Crippen molar-refractivity contribution in [1.82, 2.24) is 20.8 Å². The highest BCUT2D eigenvalue weighted by Crippen LogP contribution is 1.98. The van der Waals surface area contributed by atoms with Gasteiger partial charge < -0.3 is 26.0 Å². The summed E-state index contributed by atoms with van der Waals surface area (Å²) in [5, 5.41) is 17.0. The Hall–Kier alpha value is -2.65. The van der Waals surface area contributed by atoms with Crippen LogP contribution in [0.5, 0.6) is 0 Å². The van der Waals surface area contributed by atoms with E-state index in [0.29, 0.717) is 5.89 Å². The fourth-order valence-electron chi connectivity index (χ4n) is 1.33. The first-order valence-corrected chi connectivity index (χ1v) is 5.73. The molecule has 0 fully saturated rings. The Morgan fingerprint density at radius 2 is 2.15 bits per heavy atom. The van der Waals surface area contributed by atoms with E-state index in [1.165, 1.54) is 0 Å². The number of nitrogens with two attached hydrogens (primary N) is 1. The maximum absolute atomic E-state index is 11.5. The highest BCUT2D eigenvalue weighted by atomic mass is 16.5. The second-order valence-electron chi connectivity index (χ2n) is 3.95. The molecule has 0 unspecified atom stereocenters. The fraction of sp³-hybridized carbons (Fsp3) is 0.500. The molecule has 1 rings (SSSR count). The first kappa shape index (κ1) is 15.4. The zero-order valence-corrected chi connectivity index (χ0v) is 10.8. The average Bonchev–Trinajstić information content (AvgIpc) is 2.77. The highest BCUT2D eigenvalue weighted by Gasteiger charge is 2.20. The molecule has 0 saturated carbocycles. The van der Waals surface area contributed by atoms with Crippen LogP contribution in [0.25, 0.3) is 0 Å². The summed E-state index contributed by atoms with van der Waals surface area (Å²) in [5.41, 5.74) is 4.92. The zero-order valence-electron chi connectivity index (χ0n) is 10.8. The molecule has 20 heavy (non-hydrogen) atoms. The van der Waals surface area contributed by atoms with Crippen molar-refractivity contribution in [2.75, 3.05) is 0 Å². The standard InChI is InChI=1S/C10H15N5O5/c1-5-13-8(15-20-5)4-12-10(19)14-6(9(17)18)2-3-7(11)16/h6H,2-4H2,1H3,(H2,11,16)(H,17,18)(H2,12,14,19)/t6-/m0/s1. The van der Waals surface area contributed by atoms with Crippen molar-refractivity contribution in [2.45, 2.75) is 32.4 Å². The summed E-state index contributed by atoms with van der Waals surface area (Å²) in [5.74, 6) is -1.27. The lowest BCUT2D eigenvalue weighted by Gasteiger charge is -2.13. The van der Waals surface area contributed by atoms with E-state index in [2.05, 4.69) is 20.8 Å². The number of hydrogen-bond donors (Lipinski definition) is 4. The van der Waals surface area contributed by atoms with Gasteiger partial charge in [-0.25, -0.2) is 9.59 Å². The Kier molecular flexibility index (Phi) is 5.44. The molecule has 110 valence electrons. The molecule has 1 heterocycles. The van der Waals surface area contributed by atoms with Gasteiger partial charge in [0.1, 0.15) is 6.04 Å². The third kappa shape index (κ3) is 5.33. The Labute approximate surface area is 113 Å². The first-order valence-electron chi connectivity index (χ1n) is 5.73. The molecule has 0 aromatic carbocycles. The van der Waals surface area contributed by atoms with Crippen LogP contribution in [0.15, 0.2) is 4.52 Å². The number of amides is 3. The van der Waals surface area contributed by atoms with Gasteiger partial charge in [0.25, 0.3) is 0 Å². The minimum absolute atomic E-state index is 0.00860. The van der Waals surface area contributed by atoms with E-state index in [4.69, 9.17) is 15.4 Å². The third-order valence-corrected chi connectivity index (χ3v) is 2.26. The van der Waals surface area contributed by atoms with Crippen LogP contribution in [0.3, 0.4) is 0 Å². The summed E-state index contributed by atoms with van der Waals surface area (Å²) in [6, 6.07) is -1.92. The van der Waals surface area contributed by atoms with Crippen molar-refractivity contribution in [3.05, 3.63) is 11.7 Å². The average molecular weight is 285 g/mol. The number of carboxylic acid groups (broad SMARTS) is 1. The van der Waals surface area contributed by atoms with Gasteiger partial charge in [-0.05, 0) is 6.42 Å². The molecule has 0 aliphatic rings. The second kappa shape index (κ2) is 7.07. The number of nitrogens with zero attached hydrogens (tertiary/aromatic N) is 2. The van der Waals surface area contributed by atoms with E-state index in [9.17, 15) is 14.4 Å². The van der Waals surface area contributed by atoms with E-state index in [0.717, 1.165) is 0 Å². The Morgan fingerprint density at radius 1 is 1.45 bits per heavy atom. The van der Waals surface area contributed by atoms with Crippen LogP contribution in [0, 0.1) is 6.92 Å².